The molecule has 0 saturated heterocycles. The number of nitriles is 1. The predicted molar refractivity (Wildman–Crippen MR) is 130 cm³/mol. The van der Waals surface area contributed by atoms with Crippen molar-refractivity contribution in [2.75, 3.05) is 25.6 Å². The van der Waals surface area contributed by atoms with Gasteiger partial charge in [0.05, 0.1) is 7.11 Å². The number of anilines is 1. The Morgan fingerprint density at radius 2 is 1.62 bits per heavy atom. The third-order valence-corrected chi connectivity index (χ3v) is 4.85. The molecule has 0 atom stereocenters. The smallest absolute Gasteiger partial charge is 0.266 e. The Labute approximate surface area is 198 Å². The Kier molecular flexibility index (Phi) is 8.83. The SMILES string of the molecule is COc1ccc(NC(=O)/C(C#N)=C/c2ccc(OCC(=O)NCCc3ccccc3)cc2)cc1. The summed E-state index contributed by atoms with van der Waals surface area (Å²) in [5.74, 6) is 0.458. The van der Waals surface area contributed by atoms with Gasteiger partial charge in [0.25, 0.3) is 11.8 Å². The fourth-order valence-electron chi connectivity index (χ4n) is 3.04. The highest BCUT2D eigenvalue weighted by Crippen LogP contribution is 2.17. The molecule has 172 valence electrons. The minimum Gasteiger partial charge on any atom is -0.497 e. The van der Waals surface area contributed by atoms with E-state index < -0.39 is 5.91 Å². The van der Waals surface area contributed by atoms with Gasteiger partial charge in [-0.15, -0.1) is 0 Å². The average Bonchev–Trinajstić information content (AvgIpc) is 2.87. The van der Waals surface area contributed by atoms with E-state index in [0.29, 0.717) is 29.3 Å². The van der Waals surface area contributed by atoms with Gasteiger partial charge in [-0.25, -0.2) is 0 Å². The Morgan fingerprint density at radius 1 is 0.941 bits per heavy atom. The molecule has 0 heterocycles. The number of hydrogen-bond donors (Lipinski definition) is 2. The van der Waals surface area contributed by atoms with E-state index in [2.05, 4.69) is 10.6 Å². The summed E-state index contributed by atoms with van der Waals surface area (Å²) in [5.41, 5.74) is 2.32. The molecule has 0 unspecified atom stereocenters. The van der Waals surface area contributed by atoms with Crippen LogP contribution in [0.3, 0.4) is 0 Å². The lowest BCUT2D eigenvalue weighted by Crippen LogP contribution is -2.30. The van der Waals surface area contributed by atoms with E-state index in [0.717, 1.165) is 12.0 Å². The lowest BCUT2D eigenvalue weighted by Gasteiger charge is -2.08. The van der Waals surface area contributed by atoms with E-state index in [4.69, 9.17) is 9.47 Å². The van der Waals surface area contributed by atoms with E-state index >= 15 is 0 Å². The highest BCUT2D eigenvalue weighted by Gasteiger charge is 2.10. The van der Waals surface area contributed by atoms with Crippen LogP contribution in [0.2, 0.25) is 0 Å². The van der Waals surface area contributed by atoms with Gasteiger partial charge >= 0.3 is 0 Å². The zero-order valence-corrected chi connectivity index (χ0v) is 18.8. The van der Waals surface area contributed by atoms with Crippen molar-refractivity contribution >= 4 is 23.6 Å². The molecule has 7 nitrogen and oxygen atoms in total. The third-order valence-electron chi connectivity index (χ3n) is 4.85. The standard InChI is InChI=1S/C27H25N3O4/c1-33-24-13-9-23(10-14-24)30-27(32)22(18-28)17-21-7-11-25(12-8-21)34-19-26(31)29-16-15-20-5-3-2-4-6-20/h2-14,17H,15-16,19H2,1H3,(H,29,31)(H,30,32)/b22-17+. The van der Waals surface area contributed by atoms with Crippen LogP contribution < -0.4 is 20.1 Å². The van der Waals surface area contributed by atoms with Crippen LogP contribution in [0.4, 0.5) is 5.69 Å². The summed E-state index contributed by atoms with van der Waals surface area (Å²) in [6.07, 6.45) is 2.24. The van der Waals surface area contributed by atoms with Crippen LogP contribution in [0.25, 0.3) is 6.08 Å². The number of rotatable bonds is 10. The highest BCUT2D eigenvalue weighted by atomic mass is 16.5. The number of amides is 2. The van der Waals surface area contributed by atoms with Crippen molar-refractivity contribution in [1.82, 2.24) is 5.32 Å². The number of carbonyl (C=O) groups is 2. The Bertz CT molecular complexity index is 1170. The molecule has 3 aromatic rings. The zero-order valence-electron chi connectivity index (χ0n) is 18.8. The molecular formula is C27H25N3O4. The van der Waals surface area contributed by atoms with Crippen molar-refractivity contribution in [1.29, 1.82) is 5.26 Å². The van der Waals surface area contributed by atoms with Gasteiger partial charge in [0.1, 0.15) is 23.1 Å². The second-order valence-corrected chi connectivity index (χ2v) is 7.30. The van der Waals surface area contributed by atoms with Gasteiger partial charge in [0.2, 0.25) is 0 Å². The molecule has 34 heavy (non-hydrogen) atoms. The summed E-state index contributed by atoms with van der Waals surface area (Å²) in [7, 11) is 1.56. The summed E-state index contributed by atoms with van der Waals surface area (Å²) < 4.78 is 10.6. The third kappa shape index (κ3) is 7.53. The molecule has 0 bridgehead atoms. The first-order chi connectivity index (χ1) is 16.6. The number of carbonyl (C=O) groups excluding carboxylic acids is 2. The molecule has 3 rings (SSSR count). The topological polar surface area (TPSA) is 100 Å². The van der Waals surface area contributed by atoms with Crippen LogP contribution in [-0.2, 0) is 16.0 Å². The number of hydrogen-bond acceptors (Lipinski definition) is 5. The van der Waals surface area contributed by atoms with Crippen LogP contribution in [0.1, 0.15) is 11.1 Å². The molecule has 0 saturated carbocycles. The molecule has 0 aliphatic heterocycles. The molecule has 0 aliphatic carbocycles. The number of nitrogens with zero attached hydrogens (tertiary/aromatic N) is 1. The Balaban J connectivity index is 1.48. The first-order valence-corrected chi connectivity index (χ1v) is 10.7. The predicted octanol–water partition coefficient (Wildman–Crippen LogP) is 3.98. The average molecular weight is 456 g/mol. The second kappa shape index (κ2) is 12.5. The maximum atomic E-state index is 12.4. The molecule has 0 radical (unpaired) electrons. The van der Waals surface area contributed by atoms with Crippen LogP contribution >= 0.6 is 0 Å². The summed E-state index contributed by atoms with van der Waals surface area (Å²) in [6.45, 7) is 0.434. The van der Waals surface area contributed by atoms with Crippen LogP contribution in [-0.4, -0.2) is 32.1 Å². The van der Waals surface area contributed by atoms with Gasteiger partial charge in [-0.1, -0.05) is 42.5 Å². The number of methoxy groups -OCH3 is 1. The quantitative estimate of drug-likeness (QED) is 0.356. The molecule has 0 aromatic heterocycles. The van der Waals surface area contributed by atoms with Gasteiger partial charge < -0.3 is 20.1 Å². The lowest BCUT2D eigenvalue weighted by molar-refractivity contribution is -0.123. The van der Waals surface area contributed by atoms with Gasteiger partial charge in [-0.2, -0.15) is 5.26 Å². The van der Waals surface area contributed by atoms with E-state index in [-0.39, 0.29) is 18.1 Å². The van der Waals surface area contributed by atoms with Crippen molar-refractivity contribution in [2.45, 2.75) is 6.42 Å². The van der Waals surface area contributed by atoms with Gasteiger partial charge in [-0.05, 0) is 60.0 Å². The summed E-state index contributed by atoms with van der Waals surface area (Å²) in [4.78, 5) is 24.4. The first-order valence-electron chi connectivity index (χ1n) is 10.7. The van der Waals surface area contributed by atoms with E-state index in [9.17, 15) is 14.9 Å². The monoisotopic (exact) mass is 455 g/mol. The molecule has 2 N–H and O–H groups in total. The Hall–Kier alpha value is -4.57. The molecule has 0 spiro atoms. The fraction of sp³-hybridized carbons (Fsp3) is 0.148. The highest BCUT2D eigenvalue weighted by molar-refractivity contribution is 6.09. The van der Waals surface area contributed by atoms with Crippen molar-refractivity contribution < 1.29 is 19.1 Å². The summed E-state index contributed by atoms with van der Waals surface area (Å²) in [5, 5.41) is 14.9. The van der Waals surface area contributed by atoms with Gasteiger partial charge in [0.15, 0.2) is 6.61 Å². The molecule has 0 fully saturated rings. The van der Waals surface area contributed by atoms with Crippen molar-refractivity contribution in [2.24, 2.45) is 0 Å². The molecule has 3 aromatic carbocycles. The summed E-state index contributed by atoms with van der Waals surface area (Å²) >= 11 is 0. The fourth-order valence-corrected chi connectivity index (χ4v) is 3.04. The molecule has 7 heteroatoms. The van der Waals surface area contributed by atoms with E-state index in [1.54, 1.807) is 55.6 Å². The van der Waals surface area contributed by atoms with Crippen molar-refractivity contribution in [3.8, 4) is 17.6 Å². The van der Waals surface area contributed by atoms with Crippen molar-refractivity contribution in [3.63, 3.8) is 0 Å². The Morgan fingerprint density at radius 3 is 2.26 bits per heavy atom. The zero-order chi connectivity index (χ0) is 24.2. The maximum absolute atomic E-state index is 12.4. The minimum atomic E-state index is -0.514. The van der Waals surface area contributed by atoms with Crippen LogP contribution in [0.5, 0.6) is 11.5 Å². The van der Waals surface area contributed by atoms with Crippen LogP contribution in [0, 0.1) is 11.3 Å². The van der Waals surface area contributed by atoms with Crippen LogP contribution in [0.15, 0.2) is 84.4 Å². The number of benzene rings is 3. The minimum absolute atomic E-state index is 0.0396. The first kappa shape index (κ1) is 24.1. The lowest BCUT2D eigenvalue weighted by atomic mass is 10.1. The molecule has 2 amide bonds. The number of ether oxygens (including phenoxy) is 2. The second-order valence-electron chi connectivity index (χ2n) is 7.30. The normalized spacial score (nSPS) is 10.6. The van der Waals surface area contributed by atoms with Crippen molar-refractivity contribution in [3.05, 3.63) is 95.6 Å². The van der Waals surface area contributed by atoms with E-state index in [1.807, 2.05) is 36.4 Å². The molecule has 0 aliphatic rings. The number of nitrogens with one attached hydrogen (secondary N) is 2. The van der Waals surface area contributed by atoms with Gasteiger partial charge in [-0.3, -0.25) is 9.59 Å². The maximum Gasteiger partial charge on any atom is 0.266 e. The largest absolute Gasteiger partial charge is 0.497 e. The summed E-state index contributed by atoms with van der Waals surface area (Å²) in [6, 6.07) is 25.4. The molecular weight excluding hydrogens is 430 g/mol. The van der Waals surface area contributed by atoms with Gasteiger partial charge in [0, 0.05) is 12.2 Å². The van der Waals surface area contributed by atoms with E-state index in [1.165, 1.54) is 6.08 Å².